The smallest absolute Gasteiger partial charge is 0.341 e. The van der Waals surface area contributed by atoms with Crippen LogP contribution in [0.1, 0.15) is 27.0 Å². The fourth-order valence-corrected chi connectivity index (χ4v) is 2.50. The van der Waals surface area contributed by atoms with Crippen LogP contribution in [0.25, 0.3) is 0 Å². The third-order valence-corrected chi connectivity index (χ3v) is 4.13. The first-order chi connectivity index (χ1) is 11.9. The second-order valence-corrected chi connectivity index (χ2v) is 6.04. The highest BCUT2D eigenvalue weighted by Gasteiger charge is 2.13. The summed E-state index contributed by atoms with van der Waals surface area (Å²) in [5.41, 5.74) is 4.65. The summed E-state index contributed by atoms with van der Waals surface area (Å²) in [5.74, 6) is 0.0426. The van der Waals surface area contributed by atoms with Gasteiger partial charge in [-0.1, -0.05) is 12.1 Å². The lowest BCUT2D eigenvalue weighted by atomic mass is 10.1. The molecular weight excluding hydrogens is 336 g/mol. The van der Waals surface area contributed by atoms with Gasteiger partial charge in [0.1, 0.15) is 11.3 Å². The molecule has 0 spiro atoms. The number of aryl methyl sites for hydroxylation is 2. The molecule has 0 heterocycles. The van der Waals surface area contributed by atoms with Gasteiger partial charge in [0.15, 0.2) is 5.11 Å². The highest BCUT2D eigenvalue weighted by molar-refractivity contribution is 7.80. The first kappa shape index (κ1) is 18.7. The lowest BCUT2D eigenvalue weighted by Gasteiger charge is -2.13. The quantitative estimate of drug-likeness (QED) is 0.629. The molecule has 0 atom stereocenters. The minimum absolute atomic E-state index is 0.386. The van der Waals surface area contributed by atoms with Gasteiger partial charge in [0.05, 0.1) is 14.2 Å². The Labute approximate surface area is 153 Å². The zero-order chi connectivity index (χ0) is 18.4. The second-order valence-electron chi connectivity index (χ2n) is 5.63. The van der Waals surface area contributed by atoms with E-state index in [9.17, 15) is 4.79 Å². The third kappa shape index (κ3) is 4.93. The molecule has 6 heteroatoms. The van der Waals surface area contributed by atoms with E-state index in [-0.39, 0.29) is 0 Å². The zero-order valence-electron chi connectivity index (χ0n) is 14.8. The van der Waals surface area contributed by atoms with Crippen LogP contribution in [0.4, 0.5) is 5.69 Å². The maximum Gasteiger partial charge on any atom is 0.341 e. The number of carbonyl (C=O) groups is 1. The number of ether oxygens (including phenoxy) is 2. The van der Waals surface area contributed by atoms with Crippen molar-refractivity contribution in [2.24, 2.45) is 0 Å². The molecule has 0 amide bonds. The first-order valence-electron chi connectivity index (χ1n) is 7.82. The van der Waals surface area contributed by atoms with Crippen LogP contribution in [0.2, 0.25) is 0 Å². The Morgan fingerprint density at radius 2 is 1.84 bits per heavy atom. The Kier molecular flexibility index (Phi) is 6.36. The lowest BCUT2D eigenvalue weighted by Crippen LogP contribution is -2.28. The third-order valence-electron chi connectivity index (χ3n) is 3.89. The minimum Gasteiger partial charge on any atom is -0.496 e. The molecule has 0 unspecified atom stereocenters. The SMILES string of the molecule is COC(=O)c1cc(CNC(=S)Nc2ccc(C)c(C)c2)ccc1OC. The van der Waals surface area contributed by atoms with Crippen molar-refractivity contribution in [2.45, 2.75) is 20.4 Å². The van der Waals surface area contributed by atoms with Crippen LogP contribution < -0.4 is 15.4 Å². The molecule has 0 saturated heterocycles. The number of methoxy groups -OCH3 is 2. The Hall–Kier alpha value is -2.60. The van der Waals surface area contributed by atoms with Gasteiger partial charge in [-0.05, 0) is 67.0 Å². The molecule has 0 bridgehead atoms. The molecule has 0 radical (unpaired) electrons. The molecule has 2 N–H and O–H groups in total. The van der Waals surface area contributed by atoms with E-state index in [0.717, 1.165) is 11.3 Å². The van der Waals surface area contributed by atoms with Gasteiger partial charge in [-0.15, -0.1) is 0 Å². The van der Waals surface area contributed by atoms with Crippen LogP contribution in [-0.4, -0.2) is 25.3 Å². The fourth-order valence-electron chi connectivity index (χ4n) is 2.31. The van der Waals surface area contributed by atoms with Gasteiger partial charge >= 0.3 is 5.97 Å². The Balaban J connectivity index is 2.01. The number of nitrogens with one attached hydrogen (secondary N) is 2. The van der Waals surface area contributed by atoms with Gasteiger partial charge < -0.3 is 20.1 Å². The van der Waals surface area contributed by atoms with E-state index in [4.69, 9.17) is 21.7 Å². The molecular formula is C19H22N2O3S. The maximum absolute atomic E-state index is 11.8. The molecule has 2 rings (SSSR count). The van der Waals surface area contributed by atoms with E-state index in [2.05, 4.69) is 24.5 Å². The Bertz CT molecular complexity index is 790. The predicted octanol–water partition coefficient (Wildman–Crippen LogP) is 3.59. The van der Waals surface area contributed by atoms with Gasteiger partial charge in [-0.25, -0.2) is 4.79 Å². The molecule has 2 aromatic carbocycles. The number of hydrogen-bond donors (Lipinski definition) is 2. The topological polar surface area (TPSA) is 59.6 Å². The molecule has 0 aromatic heterocycles. The lowest BCUT2D eigenvalue weighted by molar-refractivity contribution is 0.0597. The van der Waals surface area contributed by atoms with Gasteiger partial charge in [-0.2, -0.15) is 0 Å². The monoisotopic (exact) mass is 358 g/mol. The minimum atomic E-state index is -0.436. The molecule has 0 saturated carbocycles. The summed E-state index contributed by atoms with van der Waals surface area (Å²) in [4.78, 5) is 11.8. The summed E-state index contributed by atoms with van der Waals surface area (Å²) in [6.07, 6.45) is 0. The van der Waals surface area contributed by atoms with Crippen LogP contribution in [0, 0.1) is 13.8 Å². The predicted molar refractivity (Wildman–Crippen MR) is 103 cm³/mol. The molecule has 25 heavy (non-hydrogen) atoms. The number of rotatable bonds is 5. The van der Waals surface area contributed by atoms with Gasteiger partial charge in [0.25, 0.3) is 0 Å². The molecule has 0 aliphatic rings. The van der Waals surface area contributed by atoms with Crippen LogP contribution in [0.5, 0.6) is 5.75 Å². The van der Waals surface area contributed by atoms with Crippen LogP contribution in [0.3, 0.4) is 0 Å². The van der Waals surface area contributed by atoms with Crippen molar-refractivity contribution in [1.82, 2.24) is 5.32 Å². The number of benzene rings is 2. The summed E-state index contributed by atoms with van der Waals surface area (Å²) in [5, 5.41) is 6.80. The van der Waals surface area contributed by atoms with Crippen molar-refractivity contribution < 1.29 is 14.3 Å². The average molecular weight is 358 g/mol. The summed E-state index contributed by atoms with van der Waals surface area (Å²) in [7, 11) is 2.86. The standard InChI is InChI=1S/C19H22N2O3S/c1-12-5-7-15(9-13(12)2)21-19(25)20-11-14-6-8-17(23-3)16(10-14)18(22)24-4/h5-10H,11H2,1-4H3,(H2,20,21,25). The molecule has 0 fully saturated rings. The van der Waals surface area contributed by atoms with Crippen LogP contribution in [0.15, 0.2) is 36.4 Å². The molecule has 0 aliphatic carbocycles. The van der Waals surface area contributed by atoms with Crippen molar-refractivity contribution in [3.8, 4) is 5.75 Å². The van der Waals surface area contributed by atoms with E-state index in [0.29, 0.717) is 23.0 Å². The first-order valence-corrected chi connectivity index (χ1v) is 8.22. The zero-order valence-corrected chi connectivity index (χ0v) is 15.6. The summed E-state index contributed by atoms with van der Waals surface area (Å²) in [6.45, 7) is 4.60. The van der Waals surface area contributed by atoms with E-state index in [1.807, 2.05) is 24.3 Å². The van der Waals surface area contributed by atoms with Crippen LogP contribution >= 0.6 is 12.2 Å². The van der Waals surface area contributed by atoms with Crippen molar-refractivity contribution in [3.05, 3.63) is 58.7 Å². The van der Waals surface area contributed by atoms with E-state index < -0.39 is 5.97 Å². The molecule has 5 nitrogen and oxygen atoms in total. The normalized spacial score (nSPS) is 10.1. The maximum atomic E-state index is 11.8. The molecule has 2 aromatic rings. The van der Waals surface area contributed by atoms with Crippen molar-refractivity contribution in [3.63, 3.8) is 0 Å². The van der Waals surface area contributed by atoms with Gasteiger partial charge in [-0.3, -0.25) is 0 Å². The number of carbonyl (C=O) groups excluding carboxylic acids is 1. The van der Waals surface area contributed by atoms with Crippen molar-refractivity contribution >= 4 is 29.0 Å². The van der Waals surface area contributed by atoms with Gasteiger partial charge in [0.2, 0.25) is 0 Å². The number of thiocarbonyl (C=S) groups is 1. The molecule has 0 aliphatic heterocycles. The second kappa shape index (κ2) is 8.48. The summed E-state index contributed by atoms with van der Waals surface area (Å²) >= 11 is 5.33. The van der Waals surface area contributed by atoms with Crippen molar-refractivity contribution in [2.75, 3.05) is 19.5 Å². The summed E-state index contributed by atoms with van der Waals surface area (Å²) < 4.78 is 9.97. The summed E-state index contributed by atoms with van der Waals surface area (Å²) in [6, 6.07) is 11.4. The van der Waals surface area contributed by atoms with Crippen LogP contribution in [-0.2, 0) is 11.3 Å². The average Bonchev–Trinajstić information content (AvgIpc) is 2.62. The van der Waals surface area contributed by atoms with Crippen molar-refractivity contribution in [1.29, 1.82) is 0 Å². The van der Waals surface area contributed by atoms with E-state index in [1.54, 1.807) is 12.1 Å². The highest BCUT2D eigenvalue weighted by atomic mass is 32.1. The van der Waals surface area contributed by atoms with Gasteiger partial charge in [0, 0.05) is 12.2 Å². The largest absolute Gasteiger partial charge is 0.496 e. The fraction of sp³-hybridized carbons (Fsp3) is 0.263. The number of anilines is 1. The number of hydrogen-bond acceptors (Lipinski definition) is 4. The Morgan fingerprint density at radius 1 is 1.08 bits per heavy atom. The van der Waals surface area contributed by atoms with E-state index >= 15 is 0 Å². The highest BCUT2D eigenvalue weighted by Crippen LogP contribution is 2.21. The number of esters is 1. The Morgan fingerprint density at radius 3 is 2.48 bits per heavy atom. The van der Waals surface area contributed by atoms with E-state index in [1.165, 1.54) is 25.3 Å². The molecule has 132 valence electrons.